The van der Waals surface area contributed by atoms with Crippen molar-refractivity contribution in [2.75, 3.05) is 5.75 Å². The second kappa shape index (κ2) is 7.51. The minimum absolute atomic E-state index is 0.0911. The van der Waals surface area contributed by atoms with Gasteiger partial charge in [0.25, 0.3) is 0 Å². The van der Waals surface area contributed by atoms with Crippen LogP contribution in [0.2, 0.25) is 0 Å². The summed E-state index contributed by atoms with van der Waals surface area (Å²) < 4.78 is 67.2. The van der Waals surface area contributed by atoms with Gasteiger partial charge in [-0.25, -0.2) is 26.3 Å². The maximum atomic E-state index is 14.8. The fourth-order valence-electron chi connectivity index (χ4n) is 2.68. The van der Waals surface area contributed by atoms with Gasteiger partial charge < -0.3 is 0 Å². The number of rotatable bonds is 6. The second-order valence-electron chi connectivity index (χ2n) is 6.02. The lowest BCUT2D eigenvalue weighted by molar-refractivity contribution is 0.547. The molecule has 0 aliphatic rings. The highest BCUT2D eigenvalue weighted by molar-refractivity contribution is 7.90. The number of hydrogen-bond donors (Lipinski definition) is 0. The van der Waals surface area contributed by atoms with Crippen LogP contribution in [0.1, 0.15) is 18.9 Å². The van der Waals surface area contributed by atoms with E-state index in [-0.39, 0.29) is 17.0 Å². The maximum absolute atomic E-state index is 14.8. The summed E-state index contributed by atoms with van der Waals surface area (Å²) >= 11 is 0. The SMILES string of the molecule is CCCS(=O)(=O)Cc1ccc(F)c(-n2cc(-c3cccc(F)c3)nn2)c1F. The predicted molar refractivity (Wildman–Crippen MR) is 94.5 cm³/mol. The second-order valence-corrected chi connectivity index (χ2v) is 8.20. The fourth-order valence-corrected chi connectivity index (χ4v) is 4.14. The Morgan fingerprint density at radius 1 is 1.11 bits per heavy atom. The van der Waals surface area contributed by atoms with E-state index in [0.717, 1.165) is 16.8 Å². The van der Waals surface area contributed by atoms with Gasteiger partial charge in [0.05, 0.1) is 17.7 Å². The Hall–Kier alpha value is -2.68. The Bertz CT molecular complexity index is 1080. The lowest BCUT2D eigenvalue weighted by atomic mass is 10.1. The molecule has 0 aliphatic carbocycles. The van der Waals surface area contributed by atoms with E-state index in [2.05, 4.69) is 10.3 Å². The number of halogens is 3. The summed E-state index contributed by atoms with van der Waals surface area (Å²) in [5, 5.41) is 7.52. The molecule has 3 rings (SSSR count). The molecule has 0 N–H and O–H groups in total. The van der Waals surface area contributed by atoms with Crippen LogP contribution in [-0.4, -0.2) is 29.2 Å². The van der Waals surface area contributed by atoms with E-state index in [9.17, 15) is 21.6 Å². The van der Waals surface area contributed by atoms with Crippen LogP contribution in [0.15, 0.2) is 42.6 Å². The van der Waals surface area contributed by atoms with Crippen molar-refractivity contribution in [1.82, 2.24) is 15.0 Å². The summed E-state index contributed by atoms with van der Waals surface area (Å²) in [5.41, 5.74) is -0.0712. The van der Waals surface area contributed by atoms with Gasteiger partial charge in [0.2, 0.25) is 0 Å². The first kappa shape index (κ1) is 19.1. The summed E-state index contributed by atoms with van der Waals surface area (Å²) in [6, 6.07) is 7.62. The summed E-state index contributed by atoms with van der Waals surface area (Å²) in [6.07, 6.45) is 1.65. The zero-order chi connectivity index (χ0) is 19.6. The molecule has 142 valence electrons. The number of sulfone groups is 1. The van der Waals surface area contributed by atoms with Gasteiger partial charge in [-0.1, -0.05) is 30.3 Å². The van der Waals surface area contributed by atoms with Gasteiger partial charge in [0.15, 0.2) is 21.5 Å². The molecule has 1 aromatic heterocycles. The largest absolute Gasteiger partial charge is 0.228 e. The quantitative estimate of drug-likeness (QED) is 0.639. The molecule has 0 amide bonds. The molecular formula is C18H16F3N3O2S. The van der Waals surface area contributed by atoms with Crippen LogP contribution >= 0.6 is 0 Å². The Balaban J connectivity index is 2.01. The van der Waals surface area contributed by atoms with E-state index < -0.39 is 38.7 Å². The van der Waals surface area contributed by atoms with Gasteiger partial charge in [0, 0.05) is 11.1 Å². The lowest BCUT2D eigenvalue weighted by Crippen LogP contribution is -2.12. The smallest absolute Gasteiger partial charge is 0.156 e. The molecule has 1 heterocycles. The van der Waals surface area contributed by atoms with Crippen LogP contribution in [0.3, 0.4) is 0 Å². The van der Waals surface area contributed by atoms with Crippen molar-refractivity contribution in [2.24, 2.45) is 0 Å². The van der Waals surface area contributed by atoms with Gasteiger partial charge >= 0.3 is 0 Å². The third-order valence-electron chi connectivity index (χ3n) is 3.88. The van der Waals surface area contributed by atoms with Crippen molar-refractivity contribution in [1.29, 1.82) is 0 Å². The monoisotopic (exact) mass is 395 g/mol. The normalized spacial score (nSPS) is 11.7. The van der Waals surface area contributed by atoms with Crippen molar-refractivity contribution < 1.29 is 21.6 Å². The molecule has 3 aromatic rings. The molecule has 0 atom stereocenters. The van der Waals surface area contributed by atoms with Crippen molar-refractivity contribution >= 4 is 9.84 Å². The third kappa shape index (κ3) is 4.19. The van der Waals surface area contributed by atoms with E-state index in [4.69, 9.17) is 0 Å². The molecule has 9 heteroatoms. The molecule has 0 spiro atoms. The summed E-state index contributed by atoms with van der Waals surface area (Å²) in [5.74, 6) is -3.05. The standard InChI is InChI=1S/C18H16F3N3O2S/c1-2-8-27(25,26)11-13-6-7-15(20)18(17(13)21)24-10-16(22-23-24)12-4-3-5-14(19)9-12/h3-7,9-10H,2,8,11H2,1H3. The van der Waals surface area contributed by atoms with Gasteiger partial charge in [-0.05, 0) is 24.6 Å². The minimum atomic E-state index is -3.51. The van der Waals surface area contributed by atoms with E-state index >= 15 is 0 Å². The highest BCUT2D eigenvalue weighted by Gasteiger charge is 2.21. The molecular weight excluding hydrogens is 379 g/mol. The van der Waals surface area contributed by atoms with E-state index in [1.807, 2.05) is 0 Å². The maximum Gasteiger partial charge on any atom is 0.156 e. The van der Waals surface area contributed by atoms with Crippen LogP contribution in [-0.2, 0) is 15.6 Å². The molecule has 5 nitrogen and oxygen atoms in total. The molecule has 2 aromatic carbocycles. The Labute approximate surface area is 154 Å². The molecule has 0 aliphatic heterocycles. The summed E-state index contributed by atoms with van der Waals surface area (Å²) in [7, 11) is -3.51. The van der Waals surface area contributed by atoms with Crippen molar-refractivity contribution in [2.45, 2.75) is 19.1 Å². The fraction of sp³-hybridized carbons (Fsp3) is 0.222. The molecule has 0 unspecified atom stereocenters. The van der Waals surface area contributed by atoms with Gasteiger partial charge in [-0.15, -0.1) is 5.10 Å². The molecule has 0 fully saturated rings. The zero-order valence-electron chi connectivity index (χ0n) is 14.4. The predicted octanol–water partition coefficient (Wildman–Crippen LogP) is 3.68. The number of nitrogens with zero attached hydrogens (tertiary/aromatic N) is 3. The average molecular weight is 395 g/mol. The number of hydrogen-bond acceptors (Lipinski definition) is 4. The van der Waals surface area contributed by atoms with Crippen LogP contribution in [0.25, 0.3) is 16.9 Å². The first-order valence-electron chi connectivity index (χ1n) is 8.16. The first-order valence-corrected chi connectivity index (χ1v) is 9.99. The average Bonchev–Trinajstić information content (AvgIpc) is 3.07. The van der Waals surface area contributed by atoms with E-state index in [1.165, 1.54) is 24.4 Å². The van der Waals surface area contributed by atoms with E-state index in [0.29, 0.717) is 12.0 Å². The third-order valence-corrected chi connectivity index (χ3v) is 5.66. The molecule has 0 radical (unpaired) electrons. The molecule has 27 heavy (non-hydrogen) atoms. The number of benzene rings is 2. The Kier molecular flexibility index (Phi) is 5.31. The Morgan fingerprint density at radius 2 is 1.89 bits per heavy atom. The molecule has 0 saturated heterocycles. The van der Waals surface area contributed by atoms with Crippen molar-refractivity contribution in [3.8, 4) is 16.9 Å². The zero-order valence-corrected chi connectivity index (χ0v) is 15.2. The highest BCUT2D eigenvalue weighted by Crippen LogP contribution is 2.24. The van der Waals surface area contributed by atoms with Gasteiger partial charge in [-0.3, -0.25) is 0 Å². The van der Waals surface area contributed by atoms with Gasteiger partial charge in [-0.2, -0.15) is 0 Å². The van der Waals surface area contributed by atoms with Crippen LogP contribution < -0.4 is 0 Å². The van der Waals surface area contributed by atoms with Crippen LogP contribution in [0, 0.1) is 17.5 Å². The van der Waals surface area contributed by atoms with Gasteiger partial charge in [0.1, 0.15) is 17.2 Å². The van der Waals surface area contributed by atoms with Crippen molar-refractivity contribution in [3.63, 3.8) is 0 Å². The number of aromatic nitrogens is 3. The summed E-state index contributed by atoms with van der Waals surface area (Å²) in [4.78, 5) is 0. The van der Waals surface area contributed by atoms with Crippen molar-refractivity contribution in [3.05, 3.63) is 65.6 Å². The van der Waals surface area contributed by atoms with Crippen LogP contribution in [0.4, 0.5) is 13.2 Å². The summed E-state index contributed by atoms with van der Waals surface area (Å²) in [6.45, 7) is 1.70. The molecule has 0 saturated carbocycles. The van der Waals surface area contributed by atoms with Crippen LogP contribution in [0.5, 0.6) is 0 Å². The first-order chi connectivity index (χ1) is 12.8. The highest BCUT2D eigenvalue weighted by atomic mass is 32.2. The topological polar surface area (TPSA) is 64.8 Å². The Morgan fingerprint density at radius 3 is 2.59 bits per heavy atom. The lowest BCUT2D eigenvalue weighted by Gasteiger charge is -2.09. The minimum Gasteiger partial charge on any atom is -0.228 e. The molecule has 0 bridgehead atoms. The van der Waals surface area contributed by atoms with E-state index in [1.54, 1.807) is 13.0 Å².